The average molecular weight is 235 g/mol. The van der Waals surface area contributed by atoms with Gasteiger partial charge in [0.15, 0.2) is 0 Å². The number of hydrogen-bond donors (Lipinski definition) is 1. The molecule has 3 rings (SSSR count). The van der Waals surface area contributed by atoms with Gasteiger partial charge < -0.3 is 5.73 Å². The molecule has 15 heavy (non-hydrogen) atoms. The predicted molar refractivity (Wildman–Crippen MR) is 66.5 cm³/mol. The Morgan fingerprint density at radius 2 is 2.07 bits per heavy atom. The van der Waals surface area contributed by atoms with Gasteiger partial charge in [-0.2, -0.15) is 0 Å². The average Bonchev–Trinajstić information content (AvgIpc) is 2.66. The van der Waals surface area contributed by atoms with Crippen molar-refractivity contribution >= 4 is 49.6 Å². The third-order valence-corrected chi connectivity index (χ3v) is 3.61. The van der Waals surface area contributed by atoms with Gasteiger partial charge >= 0.3 is 0 Å². The lowest BCUT2D eigenvalue weighted by molar-refractivity contribution is 1.45. The molecule has 0 radical (unpaired) electrons. The largest absolute Gasteiger partial charge is 0.399 e. The molecule has 0 bridgehead atoms. The van der Waals surface area contributed by atoms with E-state index in [4.69, 9.17) is 17.3 Å². The normalized spacial score (nSPS) is 11.3. The molecule has 0 unspecified atom stereocenters. The van der Waals surface area contributed by atoms with Crippen LogP contribution in [0.2, 0.25) is 5.15 Å². The van der Waals surface area contributed by atoms with E-state index in [1.54, 1.807) is 11.3 Å². The second kappa shape index (κ2) is 3.08. The molecule has 0 amide bonds. The van der Waals surface area contributed by atoms with Crippen LogP contribution in [0.25, 0.3) is 21.0 Å². The number of nitrogen functional groups attached to an aromatic ring is 1. The molecular formula is C11H7ClN2S. The van der Waals surface area contributed by atoms with Gasteiger partial charge in [0.05, 0.1) is 5.52 Å². The van der Waals surface area contributed by atoms with E-state index in [1.165, 1.54) is 4.70 Å². The van der Waals surface area contributed by atoms with Crippen molar-refractivity contribution in [3.8, 4) is 0 Å². The molecule has 4 heteroatoms. The molecule has 0 saturated heterocycles. The maximum Gasteiger partial charge on any atom is 0.138 e. The number of hydrogen-bond acceptors (Lipinski definition) is 3. The van der Waals surface area contributed by atoms with Gasteiger partial charge in [0.1, 0.15) is 5.15 Å². The molecule has 2 aromatic heterocycles. The lowest BCUT2D eigenvalue weighted by atomic mass is 10.2. The topological polar surface area (TPSA) is 38.9 Å². The fourth-order valence-electron chi connectivity index (χ4n) is 1.68. The Kier molecular flexibility index (Phi) is 1.84. The molecule has 0 aliphatic heterocycles. The number of anilines is 1. The summed E-state index contributed by atoms with van der Waals surface area (Å²) >= 11 is 7.76. The van der Waals surface area contributed by atoms with E-state index in [1.807, 2.05) is 29.6 Å². The van der Waals surface area contributed by atoms with E-state index in [-0.39, 0.29) is 0 Å². The third kappa shape index (κ3) is 1.28. The van der Waals surface area contributed by atoms with E-state index >= 15 is 0 Å². The fourth-order valence-corrected chi connectivity index (χ4v) is 2.92. The molecule has 1 aromatic carbocycles. The summed E-state index contributed by atoms with van der Waals surface area (Å²) in [6, 6.07) is 7.72. The summed E-state index contributed by atoms with van der Waals surface area (Å²) < 4.78 is 1.17. The van der Waals surface area contributed by atoms with Gasteiger partial charge in [0.25, 0.3) is 0 Å². The summed E-state index contributed by atoms with van der Waals surface area (Å²) in [6.07, 6.45) is 0. The third-order valence-electron chi connectivity index (χ3n) is 2.37. The van der Waals surface area contributed by atoms with E-state index in [2.05, 4.69) is 4.98 Å². The van der Waals surface area contributed by atoms with E-state index in [0.717, 1.165) is 16.3 Å². The highest BCUT2D eigenvalue weighted by Gasteiger charge is 2.07. The molecule has 0 fully saturated rings. The van der Waals surface area contributed by atoms with Crippen molar-refractivity contribution in [2.24, 2.45) is 0 Å². The Bertz CT molecular complexity index is 660. The highest BCUT2D eigenvalue weighted by molar-refractivity contribution is 7.18. The summed E-state index contributed by atoms with van der Waals surface area (Å²) in [5, 5.41) is 4.69. The van der Waals surface area contributed by atoms with Gasteiger partial charge in [-0.3, -0.25) is 0 Å². The second-order valence-electron chi connectivity index (χ2n) is 3.34. The van der Waals surface area contributed by atoms with Crippen LogP contribution in [-0.4, -0.2) is 4.98 Å². The molecule has 2 N–H and O–H groups in total. The molecule has 3 aromatic rings. The van der Waals surface area contributed by atoms with Crippen molar-refractivity contribution < 1.29 is 0 Å². The van der Waals surface area contributed by atoms with Crippen LogP contribution >= 0.6 is 22.9 Å². The number of nitrogens with two attached hydrogens (primary N) is 1. The summed E-state index contributed by atoms with van der Waals surface area (Å²) in [5.41, 5.74) is 7.28. The monoisotopic (exact) mass is 234 g/mol. The Morgan fingerprint density at radius 3 is 2.93 bits per heavy atom. The minimum absolute atomic E-state index is 0.546. The van der Waals surface area contributed by atoms with Gasteiger partial charge in [0.2, 0.25) is 0 Å². The van der Waals surface area contributed by atoms with E-state index < -0.39 is 0 Å². The van der Waals surface area contributed by atoms with Crippen LogP contribution in [0.1, 0.15) is 0 Å². The summed E-state index contributed by atoms with van der Waals surface area (Å²) in [5.74, 6) is 0. The quantitative estimate of drug-likeness (QED) is 0.476. The molecule has 0 saturated carbocycles. The first-order chi connectivity index (χ1) is 7.25. The maximum absolute atomic E-state index is 6.08. The second-order valence-corrected chi connectivity index (χ2v) is 4.62. The first-order valence-corrected chi connectivity index (χ1v) is 5.73. The molecule has 2 nitrogen and oxygen atoms in total. The number of fused-ring (bicyclic) bond motifs is 3. The minimum atomic E-state index is 0.546. The molecule has 2 heterocycles. The molecule has 0 spiro atoms. The molecular weight excluding hydrogens is 228 g/mol. The van der Waals surface area contributed by atoms with Gasteiger partial charge in [-0.05, 0) is 29.6 Å². The number of rotatable bonds is 0. The van der Waals surface area contributed by atoms with Crippen LogP contribution in [0.3, 0.4) is 0 Å². The molecule has 0 atom stereocenters. The summed E-state index contributed by atoms with van der Waals surface area (Å²) in [4.78, 5) is 4.33. The van der Waals surface area contributed by atoms with Crippen molar-refractivity contribution in [3.05, 3.63) is 34.8 Å². The van der Waals surface area contributed by atoms with E-state index in [0.29, 0.717) is 10.8 Å². The lowest BCUT2D eigenvalue weighted by Gasteiger charge is -2.01. The van der Waals surface area contributed by atoms with Crippen LogP contribution in [0, 0.1) is 0 Å². The highest BCUT2D eigenvalue weighted by atomic mass is 35.5. The van der Waals surface area contributed by atoms with Crippen LogP contribution in [0.4, 0.5) is 5.69 Å². The molecule has 0 aliphatic carbocycles. The smallest absolute Gasteiger partial charge is 0.138 e. The number of aromatic nitrogens is 1. The molecule has 0 aliphatic rings. The van der Waals surface area contributed by atoms with Crippen molar-refractivity contribution in [2.75, 3.05) is 5.73 Å². The van der Waals surface area contributed by atoms with Crippen molar-refractivity contribution in [3.63, 3.8) is 0 Å². The first kappa shape index (κ1) is 8.95. The Balaban J connectivity index is 2.60. The van der Waals surface area contributed by atoms with Crippen LogP contribution in [0.5, 0.6) is 0 Å². The van der Waals surface area contributed by atoms with Gasteiger partial charge in [-0.25, -0.2) is 4.98 Å². The number of nitrogens with zero attached hydrogens (tertiary/aromatic N) is 1. The number of thiophene rings is 1. The maximum atomic E-state index is 6.08. The standard InChI is InChI=1S/C11H7ClN2S/c12-11-8-3-4-15-10(8)7-2-1-6(13)5-9(7)14-11/h1-5H,13H2. The Labute approximate surface area is 95.3 Å². The highest BCUT2D eigenvalue weighted by Crippen LogP contribution is 2.33. The SMILES string of the molecule is Nc1ccc2c(c1)nc(Cl)c1ccsc12. The number of pyridine rings is 1. The van der Waals surface area contributed by atoms with Gasteiger partial charge in [0, 0.05) is 21.2 Å². The first-order valence-electron chi connectivity index (χ1n) is 4.47. The van der Waals surface area contributed by atoms with Crippen molar-refractivity contribution in [2.45, 2.75) is 0 Å². The molecule has 74 valence electrons. The van der Waals surface area contributed by atoms with Crippen LogP contribution in [0.15, 0.2) is 29.6 Å². The summed E-state index contributed by atoms with van der Waals surface area (Å²) in [7, 11) is 0. The Morgan fingerprint density at radius 1 is 1.20 bits per heavy atom. The zero-order chi connectivity index (χ0) is 10.4. The Hall–Kier alpha value is -1.32. The van der Waals surface area contributed by atoms with E-state index in [9.17, 15) is 0 Å². The van der Waals surface area contributed by atoms with Crippen LogP contribution in [-0.2, 0) is 0 Å². The zero-order valence-corrected chi connectivity index (χ0v) is 9.27. The van der Waals surface area contributed by atoms with Crippen molar-refractivity contribution in [1.82, 2.24) is 4.98 Å². The lowest BCUT2D eigenvalue weighted by Crippen LogP contribution is -1.86. The predicted octanol–water partition coefficient (Wildman–Crippen LogP) is 3.69. The minimum Gasteiger partial charge on any atom is -0.399 e. The zero-order valence-electron chi connectivity index (χ0n) is 7.70. The van der Waals surface area contributed by atoms with Gasteiger partial charge in [-0.1, -0.05) is 11.6 Å². The fraction of sp³-hybridized carbons (Fsp3) is 0. The van der Waals surface area contributed by atoms with Gasteiger partial charge in [-0.15, -0.1) is 11.3 Å². The summed E-state index contributed by atoms with van der Waals surface area (Å²) in [6.45, 7) is 0. The number of benzene rings is 1. The van der Waals surface area contributed by atoms with Crippen molar-refractivity contribution in [1.29, 1.82) is 0 Å². The number of halogens is 1. The van der Waals surface area contributed by atoms with Crippen LogP contribution < -0.4 is 5.73 Å².